The van der Waals surface area contributed by atoms with Gasteiger partial charge in [0.2, 0.25) is 0 Å². The maximum absolute atomic E-state index is 13.4. The van der Waals surface area contributed by atoms with E-state index in [9.17, 15) is 30.0 Å². The fourth-order valence-corrected chi connectivity index (χ4v) is 5.31. The normalized spacial score (nSPS) is 31.7. The van der Waals surface area contributed by atoms with Crippen LogP contribution in [0.4, 0.5) is 0 Å². The van der Waals surface area contributed by atoms with E-state index in [2.05, 4.69) is 0 Å². The van der Waals surface area contributed by atoms with Gasteiger partial charge in [0.05, 0.1) is 29.5 Å². The molecule has 0 aromatic heterocycles. The van der Waals surface area contributed by atoms with Crippen molar-refractivity contribution < 1.29 is 34.8 Å². The Morgan fingerprint density at radius 1 is 1.03 bits per heavy atom. The Hall–Kier alpha value is -2.58. The summed E-state index contributed by atoms with van der Waals surface area (Å²) in [5.41, 5.74) is 1.82. The standard InChI is InChI=1S/C25H26O7/c1-11-21(27)17(26)9-18(32-11)14-5-6-16-20(22(14)28)24(30)15-4-3-12-10-25(2,31)8-7-13(12)19(15)23(16)29/h3-6,11,17-18,21,26-28,31H,7-10H2,1-2H3/t11-,17-,18-,21-,25-/m1/s1. The van der Waals surface area contributed by atoms with Crippen molar-refractivity contribution >= 4 is 11.6 Å². The maximum atomic E-state index is 13.4. The van der Waals surface area contributed by atoms with Gasteiger partial charge in [-0.3, -0.25) is 9.59 Å². The van der Waals surface area contributed by atoms with E-state index >= 15 is 0 Å². The molecule has 0 radical (unpaired) electrons. The summed E-state index contributed by atoms with van der Waals surface area (Å²) in [5, 5.41) is 41.5. The van der Waals surface area contributed by atoms with Gasteiger partial charge in [-0.25, -0.2) is 0 Å². The van der Waals surface area contributed by atoms with Crippen molar-refractivity contribution in [3.8, 4) is 5.75 Å². The lowest BCUT2D eigenvalue weighted by Gasteiger charge is -2.36. The van der Waals surface area contributed by atoms with Crippen molar-refractivity contribution in [1.29, 1.82) is 0 Å². The molecule has 32 heavy (non-hydrogen) atoms. The molecular weight excluding hydrogens is 412 g/mol. The molecule has 0 unspecified atom stereocenters. The predicted octanol–water partition coefficient (Wildman–Crippen LogP) is 1.98. The van der Waals surface area contributed by atoms with E-state index in [-0.39, 0.29) is 34.6 Å². The minimum Gasteiger partial charge on any atom is -0.507 e. The van der Waals surface area contributed by atoms with Crippen LogP contribution in [0.15, 0.2) is 24.3 Å². The zero-order valence-corrected chi connectivity index (χ0v) is 18.0. The van der Waals surface area contributed by atoms with Gasteiger partial charge in [0.15, 0.2) is 11.6 Å². The summed E-state index contributed by atoms with van der Waals surface area (Å²) in [7, 11) is 0. The van der Waals surface area contributed by atoms with Crippen LogP contribution in [-0.4, -0.2) is 55.9 Å². The number of rotatable bonds is 1. The van der Waals surface area contributed by atoms with Crippen LogP contribution in [0.5, 0.6) is 5.75 Å². The predicted molar refractivity (Wildman–Crippen MR) is 114 cm³/mol. The van der Waals surface area contributed by atoms with Crippen LogP contribution in [0.2, 0.25) is 0 Å². The molecule has 0 saturated carbocycles. The average Bonchev–Trinajstić information content (AvgIpc) is 2.73. The van der Waals surface area contributed by atoms with Gasteiger partial charge in [0.25, 0.3) is 0 Å². The van der Waals surface area contributed by atoms with Crippen molar-refractivity contribution in [3.63, 3.8) is 0 Å². The van der Waals surface area contributed by atoms with E-state index in [1.165, 1.54) is 6.07 Å². The van der Waals surface area contributed by atoms with Crippen LogP contribution < -0.4 is 0 Å². The van der Waals surface area contributed by atoms with Crippen LogP contribution in [-0.2, 0) is 17.6 Å². The number of carbonyl (C=O) groups is 2. The first-order valence-electron chi connectivity index (χ1n) is 10.9. The van der Waals surface area contributed by atoms with Gasteiger partial charge in [0.1, 0.15) is 11.9 Å². The maximum Gasteiger partial charge on any atom is 0.198 e. The molecule has 2 aliphatic carbocycles. The molecule has 4 N–H and O–H groups in total. The number of aromatic hydroxyl groups is 1. The highest BCUT2D eigenvalue weighted by atomic mass is 16.5. The monoisotopic (exact) mass is 438 g/mol. The van der Waals surface area contributed by atoms with E-state index in [4.69, 9.17) is 4.74 Å². The fourth-order valence-electron chi connectivity index (χ4n) is 5.31. The molecule has 7 heteroatoms. The molecule has 5 atom stereocenters. The number of phenolic OH excluding ortho intramolecular Hbond substituents is 1. The number of phenols is 1. The van der Waals surface area contributed by atoms with Gasteiger partial charge < -0.3 is 25.2 Å². The van der Waals surface area contributed by atoms with Crippen molar-refractivity contribution in [1.82, 2.24) is 0 Å². The minimum atomic E-state index is -1.03. The first kappa shape index (κ1) is 21.3. The molecule has 7 nitrogen and oxygen atoms in total. The summed E-state index contributed by atoms with van der Waals surface area (Å²) in [5.74, 6) is -1.07. The summed E-state index contributed by atoms with van der Waals surface area (Å²) < 4.78 is 5.76. The van der Waals surface area contributed by atoms with Gasteiger partial charge in [-0.2, -0.15) is 0 Å². The lowest BCUT2D eigenvalue weighted by atomic mass is 9.73. The molecule has 5 rings (SSSR count). The highest BCUT2D eigenvalue weighted by Crippen LogP contribution is 2.43. The van der Waals surface area contributed by atoms with Crippen molar-refractivity contribution in [2.75, 3.05) is 0 Å². The zero-order chi connectivity index (χ0) is 22.9. The highest BCUT2D eigenvalue weighted by molar-refractivity contribution is 6.30. The topological polar surface area (TPSA) is 124 Å². The molecule has 2 aromatic carbocycles. The second kappa shape index (κ2) is 7.22. The molecule has 1 fully saturated rings. The number of ether oxygens (including phenoxy) is 1. The van der Waals surface area contributed by atoms with E-state index in [0.29, 0.717) is 30.4 Å². The largest absolute Gasteiger partial charge is 0.507 e. The average molecular weight is 438 g/mol. The molecule has 1 saturated heterocycles. The van der Waals surface area contributed by atoms with Gasteiger partial charge in [-0.1, -0.05) is 12.1 Å². The Kier molecular flexibility index (Phi) is 4.80. The summed E-state index contributed by atoms with van der Waals surface area (Å²) in [6, 6.07) is 6.45. The molecular formula is C25H26O7. The van der Waals surface area contributed by atoms with Gasteiger partial charge in [-0.15, -0.1) is 0 Å². The Bertz CT molecular complexity index is 1140. The van der Waals surface area contributed by atoms with Crippen molar-refractivity contribution in [2.45, 2.75) is 69.5 Å². The van der Waals surface area contributed by atoms with Gasteiger partial charge in [-0.05, 0) is 49.9 Å². The van der Waals surface area contributed by atoms with E-state index in [0.717, 1.165) is 11.1 Å². The van der Waals surface area contributed by atoms with Crippen LogP contribution in [0.3, 0.4) is 0 Å². The molecule has 2 aromatic rings. The summed E-state index contributed by atoms with van der Waals surface area (Å²) >= 11 is 0. The quantitative estimate of drug-likeness (QED) is 0.458. The Balaban J connectivity index is 1.59. The van der Waals surface area contributed by atoms with E-state index in [1.54, 1.807) is 32.0 Å². The SMILES string of the molecule is C[C@H]1O[C@@H](c2ccc3c(c2O)C(=O)c2ccc4c(c2C3=O)CC[C@@](C)(O)C4)C[C@@H](O)[C@@H]1O. The molecule has 0 amide bonds. The second-order valence-electron chi connectivity index (χ2n) is 9.51. The summed E-state index contributed by atoms with van der Waals surface area (Å²) in [6.07, 6.45) is -1.96. The number of fused-ring (bicyclic) bond motifs is 4. The Morgan fingerprint density at radius 3 is 2.41 bits per heavy atom. The molecule has 0 spiro atoms. The van der Waals surface area contributed by atoms with E-state index < -0.39 is 35.8 Å². The van der Waals surface area contributed by atoms with Crippen molar-refractivity contribution in [2.24, 2.45) is 0 Å². The van der Waals surface area contributed by atoms with Crippen LogP contribution >= 0.6 is 0 Å². The lowest BCUT2D eigenvalue weighted by molar-refractivity contribution is -0.163. The number of benzene rings is 2. The minimum absolute atomic E-state index is 0.0559. The smallest absolute Gasteiger partial charge is 0.198 e. The molecule has 0 bridgehead atoms. The number of ketones is 2. The molecule has 1 heterocycles. The number of aliphatic hydroxyl groups is 3. The number of hydrogen-bond acceptors (Lipinski definition) is 7. The summed E-state index contributed by atoms with van der Waals surface area (Å²) in [4.78, 5) is 26.9. The van der Waals surface area contributed by atoms with Crippen molar-refractivity contribution in [3.05, 3.63) is 63.2 Å². The molecule has 1 aliphatic heterocycles. The van der Waals surface area contributed by atoms with E-state index in [1.807, 2.05) is 0 Å². The summed E-state index contributed by atoms with van der Waals surface area (Å²) in [6.45, 7) is 3.39. The third kappa shape index (κ3) is 3.11. The Morgan fingerprint density at radius 2 is 1.69 bits per heavy atom. The Labute approximate surface area is 185 Å². The number of hydrogen-bond donors (Lipinski definition) is 4. The molecule has 3 aliphatic rings. The first-order chi connectivity index (χ1) is 15.1. The van der Waals surface area contributed by atoms with Crippen LogP contribution in [0.25, 0.3) is 0 Å². The number of carbonyl (C=O) groups excluding carboxylic acids is 2. The van der Waals surface area contributed by atoms with Gasteiger partial charge >= 0.3 is 0 Å². The lowest BCUT2D eigenvalue weighted by Crippen LogP contribution is -2.44. The first-order valence-corrected chi connectivity index (χ1v) is 10.9. The van der Waals surface area contributed by atoms with Gasteiger partial charge in [0, 0.05) is 35.1 Å². The third-order valence-corrected chi connectivity index (χ3v) is 7.10. The third-order valence-electron chi connectivity index (χ3n) is 7.10. The number of aliphatic hydroxyl groups excluding tert-OH is 2. The second-order valence-corrected chi connectivity index (χ2v) is 9.51. The zero-order valence-electron chi connectivity index (χ0n) is 18.0. The molecule has 168 valence electrons. The van der Waals surface area contributed by atoms with Crippen LogP contribution in [0, 0.1) is 0 Å². The fraction of sp³-hybridized carbons (Fsp3) is 0.440. The van der Waals surface area contributed by atoms with Crippen LogP contribution in [0.1, 0.15) is 81.3 Å². The highest BCUT2D eigenvalue weighted by Gasteiger charge is 2.40.